The van der Waals surface area contributed by atoms with E-state index in [-0.39, 0.29) is 12.8 Å². The summed E-state index contributed by atoms with van der Waals surface area (Å²) in [6.45, 7) is 2.20. The van der Waals surface area contributed by atoms with Gasteiger partial charge in [0.2, 0.25) is 0 Å². The van der Waals surface area contributed by atoms with Crippen molar-refractivity contribution in [3.63, 3.8) is 0 Å². The average Bonchev–Trinajstić information content (AvgIpc) is 2.64. The van der Waals surface area contributed by atoms with Gasteiger partial charge in [-0.25, -0.2) is 0 Å². The van der Waals surface area contributed by atoms with Gasteiger partial charge in [0.15, 0.2) is 0 Å². The first-order valence-corrected chi connectivity index (χ1v) is 8.92. The van der Waals surface area contributed by atoms with Gasteiger partial charge >= 0.3 is 6.18 Å². The fourth-order valence-electron chi connectivity index (χ4n) is 3.71. The fourth-order valence-corrected chi connectivity index (χ4v) is 4.44. The van der Waals surface area contributed by atoms with Crippen LogP contribution in [0.2, 0.25) is 0 Å². The van der Waals surface area contributed by atoms with Crippen LogP contribution in [-0.2, 0) is 0 Å². The summed E-state index contributed by atoms with van der Waals surface area (Å²) in [6, 6.07) is 0. The molecule has 2 aliphatic rings. The number of halogens is 4. The zero-order valence-corrected chi connectivity index (χ0v) is 13.6. The van der Waals surface area contributed by atoms with Gasteiger partial charge in [-0.05, 0) is 44.2 Å². The van der Waals surface area contributed by atoms with Crippen molar-refractivity contribution < 1.29 is 13.2 Å². The third-order valence-corrected chi connectivity index (χ3v) is 6.25. The van der Waals surface area contributed by atoms with Crippen LogP contribution in [0.25, 0.3) is 0 Å². The molecule has 1 aliphatic carbocycles. The molecule has 5 heteroatoms. The molecule has 1 saturated carbocycles. The molecule has 0 aromatic carbocycles. The molecule has 1 nitrogen and oxygen atoms in total. The summed E-state index contributed by atoms with van der Waals surface area (Å²) in [7, 11) is 0. The van der Waals surface area contributed by atoms with Crippen LogP contribution in [0, 0.1) is 11.3 Å². The highest BCUT2D eigenvalue weighted by atomic mass is 79.9. The van der Waals surface area contributed by atoms with Gasteiger partial charge in [-0.1, -0.05) is 41.6 Å². The summed E-state index contributed by atoms with van der Waals surface area (Å²) in [4.78, 5) is 2.27. The normalized spacial score (nSPS) is 26.4. The molecule has 2 fully saturated rings. The first kappa shape index (κ1) is 16.6. The fraction of sp³-hybridized carbons (Fsp3) is 1.00. The second-order valence-electron chi connectivity index (χ2n) is 6.64. The highest BCUT2D eigenvalue weighted by molar-refractivity contribution is 9.09. The molecule has 1 aliphatic heterocycles. The first-order valence-electron chi connectivity index (χ1n) is 7.80. The molecular weight excluding hydrogens is 331 g/mol. The van der Waals surface area contributed by atoms with Crippen molar-refractivity contribution in [2.45, 2.75) is 57.5 Å². The van der Waals surface area contributed by atoms with Crippen LogP contribution in [0.5, 0.6) is 0 Å². The van der Waals surface area contributed by atoms with Crippen molar-refractivity contribution in [2.24, 2.45) is 11.3 Å². The van der Waals surface area contributed by atoms with Gasteiger partial charge in [0.05, 0.1) is 5.92 Å². The van der Waals surface area contributed by atoms with Crippen molar-refractivity contribution in [3.05, 3.63) is 0 Å². The van der Waals surface area contributed by atoms with E-state index in [2.05, 4.69) is 20.8 Å². The molecule has 0 unspecified atom stereocenters. The van der Waals surface area contributed by atoms with Crippen LogP contribution < -0.4 is 0 Å². The monoisotopic (exact) mass is 355 g/mol. The van der Waals surface area contributed by atoms with Gasteiger partial charge in [0.25, 0.3) is 0 Å². The van der Waals surface area contributed by atoms with E-state index in [1.807, 2.05) is 0 Å². The number of alkyl halides is 4. The Morgan fingerprint density at radius 2 is 1.55 bits per heavy atom. The topological polar surface area (TPSA) is 3.24 Å². The number of hydrogen-bond donors (Lipinski definition) is 0. The lowest BCUT2D eigenvalue weighted by molar-refractivity contribution is -0.185. The zero-order valence-electron chi connectivity index (χ0n) is 12.0. The van der Waals surface area contributed by atoms with Gasteiger partial charge in [-0.2, -0.15) is 13.2 Å². The standard InChI is InChI=1S/C15H25BrF3N/c16-11-14(7-3-1-2-4-8-14)12-20-9-5-13(6-10-20)15(17,18)19/h13H,1-12H2. The van der Waals surface area contributed by atoms with E-state index in [9.17, 15) is 13.2 Å². The molecule has 118 valence electrons. The minimum atomic E-state index is -4.00. The van der Waals surface area contributed by atoms with Crippen LogP contribution in [0.3, 0.4) is 0 Å². The SMILES string of the molecule is FC(F)(F)C1CCN(CC2(CBr)CCCCCC2)CC1. The molecule has 20 heavy (non-hydrogen) atoms. The van der Waals surface area contributed by atoms with Crippen LogP contribution in [0.15, 0.2) is 0 Å². The Kier molecular flexibility index (Phi) is 5.80. The molecule has 0 spiro atoms. The Hall–Kier alpha value is 0.230. The lowest BCUT2D eigenvalue weighted by Crippen LogP contribution is -2.45. The van der Waals surface area contributed by atoms with E-state index < -0.39 is 12.1 Å². The number of hydrogen-bond acceptors (Lipinski definition) is 1. The maximum atomic E-state index is 12.7. The minimum absolute atomic E-state index is 0.280. The zero-order chi connectivity index (χ0) is 14.6. The predicted octanol–water partition coefficient (Wildman–Crippen LogP) is 5.00. The maximum absolute atomic E-state index is 12.7. The minimum Gasteiger partial charge on any atom is -0.303 e. The molecule has 0 N–H and O–H groups in total. The van der Waals surface area contributed by atoms with E-state index >= 15 is 0 Å². The summed E-state index contributed by atoms with van der Waals surface area (Å²) in [5.74, 6) is -1.08. The Labute approximate surface area is 128 Å². The quantitative estimate of drug-likeness (QED) is 0.508. The number of nitrogens with zero attached hydrogens (tertiary/aromatic N) is 1. The largest absolute Gasteiger partial charge is 0.391 e. The second kappa shape index (κ2) is 6.99. The van der Waals surface area contributed by atoms with E-state index in [0.29, 0.717) is 18.5 Å². The summed E-state index contributed by atoms with van der Waals surface area (Å²) in [6.07, 6.45) is 4.16. The number of likely N-dealkylation sites (tertiary alicyclic amines) is 1. The molecule has 0 radical (unpaired) electrons. The van der Waals surface area contributed by atoms with E-state index in [4.69, 9.17) is 0 Å². The molecule has 0 aromatic rings. The third-order valence-electron chi connectivity index (χ3n) is 5.06. The Bertz CT molecular complexity index is 290. The Balaban J connectivity index is 1.87. The van der Waals surface area contributed by atoms with Gasteiger partial charge in [-0.3, -0.25) is 0 Å². The summed E-state index contributed by atoms with van der Waals surface area (Å²) in [5.41, 5.74) is 0.293. The van der Waals surface area contributed by atoms with E-state index in [1.54, 1.807) is 0 Å². The third kappa shape index (κ3) is 4.36. The molecule has 0 bridgehead atoms. The van der Waals surface area contributed by atoms with Crippen molar-refractivity contribution in [1.82, 2.24) is 4.90 Å². The Morgan fingerprint density at radius 3 is 2.00 bits per heavy atom. The predicted molar refractivity (Wildman–Crippen MR) is 79.1 cm³/mol. The summed E-state index contributed by atoms with van der Waals surface area (Å²) in [5, 5.41) is 0.985. The highest BCUT2D eigenvalue weighted by Crippen LogP contribution is 2.39. The number of piperidine rings is 1. The highest BCUT2D eigenvalue weighted by Gasteiger charge is 2.42. The van der Waals surface area contributed by atoms with Crippen LogP contribution in [0.1, 0.15) is 51.4 Å². The molecule has 1 saturated heterocycles. The molecule has 0 atom stereocenters. The second-order valence-corrected chi connectivity index (χ2v) is 7.20. The average molecular weight is 356 g/mol. The van der Waals surface area contributed by atoms with Crippen molar-refractivity contribution in [3.8, 4) is 0 Å². The molecule has 0 amide bonds. The maximum Gasteiger partial charge on any atom is 0.391 e. The van der Waals surface area contributed by atoms with E-state index in [0.717, 1.165) is 11.9 Å². The van der Waals surface area contributed by atoms with Gasteiger partial charge < -0.3 is 4.90 Å². The van der Waals surface area contributed by atoms with Gasteiger partial charge in [-0.15, -0.1) is 0 Å². The van der Waals surface area contributed by atoms with E-state index in [1.165, 1.54) is 38.5 Å². The summed E-state index contributed by atoms with van der Waals surface area (Å²) < 4.78 is 38.1. The Morgan fingerprint density at radius 1 is 1.00 bits per heavy atom. The molecule has 2 rings (SSSR count). The van der Waals surface area contributed by atoms with Crippen molar-refractivity contribution in [2.75, 3.05) is 25.0 Å². The number of rotatable bonds is 3. The van der Waals surface area contributed by atoms with Gasteiger partial charge in [0.1, 0.15) is 0 Å². The lowest BCUT2D eigenvalue weighted by Gasteiger charge is -2.40. The van der Waals surface area contributed by atoms with Crippen molar-refractivity contribution >= 4 is 15.9 Å². The lowest BCUT2D eigenvalue weighted by atomic mass is 9.81. The molecule has 1 heterocycles. The van der Waals surface area contributed by atoms with Crippen LogP contribution in [0.4, 0.5) is 13.2 Å². The van der Waals surface area contributed by atoms with Crippen LogP contribution >= 0.6 is 15.9 Å². The molecule has 0 aromatic heterocycles. The van der Waals surface area contributed by atoms with Crippen molar-refractivity contribution in [1.29, 1.82) is 0 Å². The molecular formula is C15H25BrF3N. The first-order chi connectivity index (χ1) is 9.45. The summed E-state index contributed by atoms with van der Waals surface area (Å²) >= 11 is 3.67. The smallest absolute Gasteiger partial charge is 0.303 e. The van der Waals surface area contributed by atoms with Gasteiger partial charge in [0, 0.05) is 11.9 Å². The van der Waals surface area contributed by atoms with Crippen LogP contribution in [-0.4, -0.2) is 36.0 Å².